The first-order valence-corrected chi connectivity index (χ1v) is 6.82. The van der Waals surface area contributed by atoms with Crippen molar-refractivity contribution in [2.75, 3.05) is 0 Å². The van der Waals surface area contributed by atoms with Crippen LogP contribution in [0.4, 0.5) is 0 Å². The Balaban J connectivity index is 2.09. The molecule has 2 aromatic carbocycles. The van der Waals surface area contributed by atoms with Crippen LogP contribution in [0.1, 0.15) is 21.5 Å². The Morgan fingerprint density at radius 1 is 1.11 bits per heavy atom. The summed E-state index contributed by atoms with van der Waals surface area (Å²) < 4.78 is 0.971. The molecule has 3 heteroatoms. The van der Waals surface area contributed by atoms with Crippen LogP contribution < -0.4 is 0 Å². The van der Waals surface area contributed by atoms with E-state index in [1.807, 2.05) is 49.4 Å². The number of benzene rings is 2. The number of H-pyrrole nitrogens is 1. The number of nitrogens with one attached hydrogen (secondary N) is 1. The maximum Gasteiger partial charge on any atom is 0.195 e. The van der Waals surface area contributed by atoms with Gasteiger partial charge in [0.05, 0.1) is 0 Å². The standard InChI is InChI=1S/C16H12BrNO/c1-10-2-7-13-14(9-18-15(13)8-10)16(19)11-3-5-12(17)6-4-11/h2-9,18H,1H3. The van der Waals surface area contributed by atoms with Crippen molar-refractivity contribution in [3.8, 4) is 0 Å². The number of rotatable bonds is 2. The molecule has 0 aliphatic heterocycles. The van der Waals surface area contributed by atoms with Crippen LogP contribution in [0, 0.1) is 6.92 Å². The second-order valence-electron chi connectivity index (χ2n) is 4.59. The first-order chi connectivity index (χ1) is 9.15. The Morgan fingerprint density at radius 3 is 2.58 bits per heavy atom. The first kappa shape index (κ1) is 12.2. The normalized spacial score (nSPS) is 10.8. The lowest BCUT2D eigenvalue weighted by Gasteiger charge is -2.00. The number of hydrogen-bond acceptors (Lipinski definition) is 1. The molecule has 2 nitrogen and oxygen atoms in total. The predicted octanol–water partition coefficient (Wildman–Crippen LogP) is 4.47. The van der Waals surface area contributed by atoms with Gasteiger partial charge in [-0.25, -0.2) is 0 Å². The average Bonchev–Trinajstić information content (AvgIpc) is 2.81. The zero-order valence-electron chi connectivity index (χ0n) is 10.4. The van der Waals surface area contributed by atoms with E-state index in [1.54, 1.807) is 6.20 Å². The van der Waals surface area contributed by atoms with E-state index < -0.39 is 0 Å². The van der Waals surface area contributed by atoms with Crippen molar-refractivity contribution in [1.29, 1.82) is 0 Å². The Hall–Kier alpha value is -1.87. The third-order valence-corrected chi connectivity index (χ3v) is 3.72. The second kappa shape index (κ2) is 4.67. The Labute approximate surface area is 119 Å². The summed E-state index contributed by atoms with van der Waals surface area (Å²) >= 11 is 3.37. The van der Waals surface area contributed by atoms with Crippen LogP contribution in [0.5, 0.6) is 0 Å². The van der Waals surface area contributed by atoms with Gasteiger partial charge in [0, 0.05) is 32.7 Å². The highest BCUT2D eigenvalue weighted by Crippen LogP contribution is 2.22. The molecule has 0 aliphatic carbocycles. The molecule has 19 heavy (non-hydrogen) atoms. The molecule has 0 bridgehead atoms. The molecular formula is C16H12BrNO. The van der Waals surface area contributed by atoms with Gasteiger partial charge in [0.2, 0.25) is 0 Å². The monoisotopic (exact) mass is 313 g/mol. The molecule has 0 saturated heterocycles. The van der Waals surface area contributed by atoms with Crippen LogP contribution in [-0.2, 0) is 0 Å². The van der Waals surface area contributed by atoms with Crippen molar-refractivity contribution in [3.05, 3.63) is 69.8 Å². The minimum absolute atomic E-state index is 0.0441. The molecule has 0 aliphatic rings. The number of hydrogen-bond donors (Lipinski definition) is 1. The topological polar surface area (TPSA) is 32.9 Å². The first-order valence-electron chi connectivity index (χ1n) is 6.03. The number of ketones is 1. The number of fused-ring (bicyclic) bond motifs is 1. The zero-order chi connectivity index (χ0) is 13.4. The minimum atomic E-state index is 0.0441. The maximum atomic E-state index is 12.5. The Kier molecular flexibility index (Phi) is 2.99. The van der Waals surface area contributed by atoms with Gasteiger partial charge in [-0.3, -0.25) is 4.79 Å². The number of carbonyl (C=O) groups is 1. The molecule has 3 aromatic rings. The molecular weight excluding hydrogens is 302 g/mol. The SMILES string of the molecule is Cc1ccc2c(C(=O)c3ccc(Br)cc3)c[nH]c2c1. The Bertz CT molecular complexity index is 756. The van der Waals surface area contributed by atoms with Crippen molar-refractivity contribution in [1.82, 2.24) is 4.98 Å². The largest absolute Gasteiger partial charge is 0.360 e. The summed E-state index contributed by atoms with van der Waals surface area (Å²) in [4.78, 5) is 15.6. The highest BCUT2D eigenvalue weighted by Gasteiger charge is 2.13. The number of aromatic amines is 1. The molecule has 0 radical (unpaired) electrons. The van der Waals surface area contributed by atoms with Crippen molar-refractivity contribution in [2.24, 2.45) is 0 Å². The van der Waals surface area contributed by atoms with Gasteiger partial charge in [0.25, 0.3) is 0 Å². The molecule has 0 saturated carbocycles. The quantitative estimate of drug-likeness (QED) is 0.696. The molecule has 0 atom stereocenters. The van der Waals surface area contributed by atoms with Crippen molar-refractivity contribution in [2.45, 2.75) is 6.92 Å². The molecule has 3 rings (SSSR count). The summed E-state index contributed by atoms with van der Waals surface area (Å²) in [5.41, 5.74) is 3.60. The molecule has 1 N–H and O–H groups in total. The zero-order valence-corrected chi connectivity index (χ0v) is 12.0. The second-order valence-corrected chi connectivity index (χ2v) is 5.50. The van der Waals surface area contributed by atoms with E-state index >= 15 is 0 Å². The fraction of sp³-hybridized carbons (Fsp3) is 0.0625. The smallest absolute Gasteiger partial charge is 0.195 e. The van der Waals surface area contributed by atoms with Gasteiger partial charge in [-0.05, 0) is 42.8 Å². The van der Waals surface area contributed by atoms with E-state index in [9.17, 15) is 4.79 Å². The average molecular weight is 314 g/mol. The van der Waals surface area contributed by atoms with Crippen LogP contribution in [0.3, 0.4) is 0 Å². The van der Waals surface area contributed by atoms with Gasteiger partial charge in [0.15, 0.2) is 5.78 Å². The van der Waals surface area contributed by atoms with Crippen LogP contribution in [0.25, 0.3) is 10.9 Å². The highest BCUT2D eigenvalue weighted by atomic mass is 79.9. The summed E-state index contributed by atoms with van der Waals surface area (Å²) in [6.07, 6.45) is 1.79. The summed E-state index contributed by atoms with van der Waals surface area (Å²) in [6.45, 7) is 2.04. The van der Waals surface area contributed by atoms with Crippen LogP contribution in [-0.4, -0.2) is 10.8 Å². The lowest BCUT2D eigenvalue weighted by atomic mass is 10.0. The molecule has 0 spiro atoms. The summed E-state index contributed by atoms with van der Waals surface area (Å²) in [5, 5.41) is 0.971. The van der Waals surface area contributed by atoms with Gasteiger partial charge in [0.1, 0.15) is 0 Å². The summed E-state index contributed by atoms with van der Waals surface area (Å²) in [7, 11) is 0. The van der Waals surface area contributed by atoms with Crippen LogP contribution in [0.2, 0.25) is 0 Å². The lowest BCUT2D eigenvalue weighted by molar-refractivity contribution is 0.104. The van der Waals surface area contributed by atoms with E-state index in [0.29, 0.717) is 5.56 Å². The Morgan fingerprint density at radius 2 is 1.84 bits per heavy atom. The van der Waals surface area contributed by atoms with Gasteiger partial charge < -0.3 is 4.98 Å². The highest BCUT2D eigenvalue weighted by molar-refractivity contribution is 9.10. The third-order valence-electron chi connectivity index (χ3n) is 3.19. The number of carbonyl (C=O) groups excluding carboxylic acids is 1. The third kappa shape index (κ3) is 2.22. The van der Waals surface area contributed by atoms with E-state index in [0.717, 1.165) is 20.9 Å². The molecule has 0 fully saturated rings. The molecule has 1 heterocycles. The molecule has 1 aromatic heterocycles. The fourth-order valence-corrected chi connectivity index (χ4v) is 2.45. The van der Waals surface area contributed by atoms with Crippen LogP contribution in [0.15, 0.2) is 53.1 Å². The van der Waals surface area contributed by atoms with E-state index in [1.165, 1.54) is 5.56 Å². The molecule has 0 amide bonds. The van der Waals surface area contributed by atoms with E-state index in [4.69, 9.17) is 0 Å². The summed E-state index contributed by atoms with van der Waals surface area (Å²) in [6, 6.07) is 13.5. The number of aryl methyl sites for hydroxylation is 1. The van der Waals surface area contributed by atoms with Gasteiger partial charge >= 0.3 is 0 Å². The summed E-state index contributed by atoms with van der Waals surface area (Å²) in [5.74, 6) is 0.0441. The van der Waals surface area contributed by atoms with Crippen molar-refractivity contribution in [3.63, 3.8) is 0 Å². The fourth-order valence-electron chi connectivity index (χ4n) is 2.18. The lowest BCUT2D eigenvalue weighted by Crippen LogP contribution is -1.99. The van der Waals surface area contributed by atoms with Gasteiger partial charge in [-0.15, -0.1) is 0 Å². The number of aromatic nitrogens is 1. The molecule has 94 valence electrons. The molecule has 0 unspecified atom stereocenters. The van der Waals surface area contributed by atoms with E-state index in [-0.39, 0.29) is 5.78 Å². The maximum absolute atomic E-state index is 12.5. The van der Waals surface area contributed by atoms with Crippen LogP contribution >= 0.6 is 15.9 Å². The van der Waals surface area contributed by atoms with Crippen molar-refractivity contribution >= 4 is 32.6 Å². The van der Waals surface area contributed by atoms with Crippen molar-refractivity contribution < 1.29 is 4.79 Å². The van der Waals surface area contributed by atoms with Gasteiger partial charge in [-0.2, -0.15) is 0 Å². The number of halogens is 1. The van der Waals surface area contributed by atoms with E-state index in [2.05, 4.69) is 20.9 Å². The minimum Gasteiger partial charge on any atom is -0.360 e. The predicted molar refractivity (Wildman–Crippen MR) is 80.6 cm³/mol. The van der Waals surface area contributed by atoms with Gasteiger partial charge in [-0.1, -0.05) is 28.1 Å².